The van der Waals surface area contributed by atoms with Crippen LogP contribution in [-0.2, 0) is 6.54 Å². The lowest BCUT2D eigenvalue weighted by molar-refractivity contribution is -0.0219. The fourth-order valence-electron chi connectivity index (χ4n) is 2.52. The van der Waals surface area contributed by atoms with Crippen molar-refractivity contribution in [3.8, 4) is 5.75 Å². The molecule has 1 aromatic rings. The SMILES string of the molecule is COc1ccc(CN[C@H]2[C@@H](O)[C@@H](O)[C@@H](O)[C@@H]2SC)cc1. The molecule has 6 heteroatoms. The van der Waals surface area contributed by atoms with Crippen LogP contribution in [0, 0.1) is 0 Å². The Hall–Kier alpha value is -0.790. The molecule has 4 N–H and O–H groups in total. The summed E-state index contributed by atoms with van der Waals surface area (Å²) < 4.78 is 5.10. The van der Waals surface area contributed by atoms with Crippen LogP contribution in [0.4, 0.5) is 0 Å². The summed E-state index contributed by atoms with van der Waals surface area (Å²) in [6, 6.07) is 7.29. The van der Waals surface area contributed by atoms with Crippen molar-refractivity contribution >= 4 is 11.8 Å². The third kappa shape index (κ3) is 3.10. The molecule has 1 aromatic carbocycles. The fraction of sp³-hybridized carbons (Fsp3) is 0.571. The molecule has 0 unspecified atom stereocenters. The second-order valence-electron chi connectivity index (χ2n) is 4.93. The molecule has 1 aliphatic carbocycles. The van der Waals surface area contributed by atoms with E-state index < -0.39 is 18.3 Å². The number of nitrogens with one attached hydrogen (secondary N) is 1. The van der Waals surface area contributed by atoms with E-state index in [9.17, 15) is 15.3 Å². The highest BCUT2D eigenvalue weighted by Gasteiger charge is 2.48. The van der Waals surface area contributed by atoms with Gasteiger partial charge in [0.25, 0.3) is 0 Å². The van der Waals surface area contributed by atoms with Crippen LogP contribution in [0.5, 0.6) is 5.75 Å². The molecule has 0 bridgehead atoms. The number of hydrogen-bond donors (Lipinski definition) is 4. The highest BCUT2D eigenvalue weighted by molar-refractivity contribution is 7.99. The smallest absolute Gasteiger partial charge is 0.118 e. The summed E-state index contributed by atoms with van der Waals surface area (Å²) in [5, 5.41) is 32.6. The number of methoxy groups -OCH3 is 1. The summed E-state index contributed by atoms with van der Waals surface area (Å²) in [6.45, 7) is 0.558. The largest absolute Gasteiger partial charge is 0.497 e. The van der Waals surface area contributed by atoms with Gasteiger partial charge in [0, 0.05) is 6.54 Å². The fourth-order valence-corrected chi connectivity index (χ4v) is 3.51. The van der Waals surface area contributed by atoms with E-state index in [-0.39, 0.29) is 11.3 Å². The highest BCUT2D eigenvalue weighted by Crippen LogP contribution is 2.30. The molecule has 1 saturated carbocycles. The van der Waals surface area contributed by atoms with Gasteiger partial charge in [0.15, 0.2) is 0 Å². The minimum atomic E-state index is -1.10. The van der Waals surface area contributed by atoms with Crippen molar-refractivity contribution in [2.75, 3.05) is 13.4 Å². The maximum Gasteiger partial charge on any atom is 0.118 e. The van der Waals surface area contributed by atoms with E-state index in [1.54, 1.807) is 7.11 Å². The van der Waals surface area contributed by atoms with Crippen molar-refractivity contribution in [3.05, 3.63) is 29.8 Å². The molecule has 0 spiro atoms. The molecular formula is C14H21NO4S. The van der Waals surface area contributed by atoms with E-state index in [2.05, 4.69) is 5.32 Å². The van der Waals surface area contributed by atoms with Gasteiger partial charge in [-0.3, -0.25) is 0 Å². The van der Waals surface area contributed by atoms with Crippen LogP contribution < -0.4 is 10.1 Å². The van der Waals surface area contributed by atoms with Crippen LogP contribution in [0.25, 0.3) is 0 Å². The quantitative estimate of drug-likeness (QED) is 0.612. The Kier molecular flexibility index (Phi) is 5.29. The predicted octanol–water partition coefficient (Wildman–Crippen LogP) is -0.0187. The second-order valence-corrected chi connectivity index (χ2v) is 5.94. The summed E-state index contributed by atoms with van der Waals surface area (Å²) in [5.74, 6) is 0.794. The van der Waals surface area contributed by atoms with Gasteiger partial charge in [-0.15, -0.1) is 0 Å². The summed E-state index contributed by atoms with van der Waals surface area (Å²) in [7, 11) is 1.62. The average Bonchev–Trinajstić information content (AvgIpc) is 2.69. The number of hydrogen-bond acceptors (Lipinski definition) is 6. The van der Waals surface area contributed by atoms with E-state index in [1.807, 2.05) is 30.5 Å². The first-order valence-corrected chi connectivity index (χ1v) is 7.80. The Morgan fingerprint density at radius 2 is 1.75 bits per heavy atom. The molecule has 0 aromatic heterocycles. The number of ether oxygens (including phenoxy) is 1. The molecule has 5 nitrogen and oxygen atoms in total. The van der Waals surface area contributed by atoms with Crippen LogP contribution in [0.2, 0.25) is 0 Å². The third-order valence-corrected chi connectivity index (χ3v) is 4.85. The Labute approximate surface area is 123 Å². The summed E-state index contributed by atoms with van der Waals surface area (Å²) in [6.07, 6.45) is -1.10. The van der Waals surface area contributed by atoms with Gasteiger partial charge in [-0.1, -0.05) is 12.1 Å². The lowest BCUT2D eigenvalue weighted by Crippen LogP contribution is -2.43. The Bertz CT molecular complexity index is 428. The van der Waals surface area contributed by atoms with Gasteiger partial charge in [-0.05, 0) is 24.0 Å². The van der Waals surface area contributed by atoms with Crippen molar-refractivity contribution in [2.45, 2.75) is 36.1 Å². The van der Waals surface area contributed by atoms with Gasteiger partial charge in [0.2, 0.25) is 0 Å². The summed E-state index contributed by atoms with van der Waals surface area (Å²) in [4.78, 5) is 0. The molecule has 0 radical (unpaired) electrons. The number of benzene rings is 1. The minimum absolute atomic E-state index is 0.224. The minimum Gasteiger partial charge on any atom is -0.497 e. The Balaban J connectivity index is 1.98. The lowest BCUT2D eigenvalue weighted by Gasteiger charge is -2.22. The maximum absolute atomic E-state index is 9.98. The van der Waals surface area contributed by atoms with Crippen molar-refractivity contribution in [3.63, 3.8) is 0 Å². The van der Waals surface area contributed by atoms with Crippen molar-refractivity contribution < 1.29 is 20.1 Å². The first kappa shape index (κ1) is 15.6. The maximum atomic E-state index is 9.98. The molecule has 5 atom stereocenters. The van der Waals surface area contributed by atoms with Crippen molar-refractivity contribution in [1.82, 2.24) is 5.32 Å². The van der Waals surface area contributed by atoms with Gasteiger partial charge in [0.1, 0.15) is 11.9 Å². The topological polar surface area (TPSA) is 82.0 Å². The summed E-state index contributed by atoms with van der Waals surface area (Å²) >= 11 is 1.44. The zero-order valence-electron chi connectivity index (χ0n) is 11.6. The van der Waals surface area contributed by atoms with Crippen LogP contribution >= 0.6 is 11.8 Å². The number of aliphatic hydroxyl groups excluding tert-OH is 3. The zero-order valence-corrected chi connectivity index (χ0v) is 12.4. The highest BCUT2D eigenvalue weighted by atomic mass is 32.2. The number of aliphatic hydroxyl groups is 3. The zero-order chi connectivity index (χ0) is 14.7. The van der Waals surface area contributed by atoms with Crippen molar-refractivity contribution in [1.29, 1.82) is 0 Å². The van der Waals surface area contributed by atoms with Crippen molar-refractivity contribution in [2.24, 2.45) is 0 Å². The molecule has 0 saturated heterocycles. The predicted molar refractivity (Wildman–Crippen MR) is 78.9 cm³/mol. The van der Waals surface area contributed by atoms with Gasteiger partial charge >= 0.3 is 0 Å². The van der Waals surface area contributed by atoms with Crippen LogP contribution in [0.15, 0.2) is 24.3 Å². The van der Waals surface area contributed by atoms with E-state index in [1.165, 1.54) is 11.8 Å². The number of rotatable bonds is 5. The first-order chi connectivity index (χ1) is 9.58. The average molecular weight is 299 g/mol. The number of thioether (sulfide) groups is 1. The molecule has 20 heavy (non-hydrogen) atoms. The molecule has 1 aliphatic rings. The lowest BCUT2D eigenvalue weighted by atomic mass is 10.1. The first-order valence-electron chi connectivity index (χ1n) is 6.51. The monoisotopic (exact) mass is 299 g/mol. The van der Waals surface area contributed by atoms with Gasteiger partial charge < -0.3 is 25.4 Å². The van der Waals surface area contributed by atoms with Gasteiger partial charge in [0.05, 0.1) is 30.6 Å². The molecule has 0 amide bonds. The molecule has 0 aliphatic heterocycles. The van der Waals surface area contributed by atoms with Crippen LogP contribution in [-0.4, -0.2) is 58.3 Å². The van der Waals surface area contributed by atoms with E-state index in [0.717, 1.165) is 11.3 Å². The summed E-state index contributed by atoms with van der Waals surface area (Å²) in [5.41, 5.74) is 1.05. The van der Waals surface area contributed by atoms with Crippen LogP contribution in [0.1, 0.15) is 5.56 Å². The van der Waals surface area contributed by atoms with Gasteiger partial charge in [-0.25, -0.2) is 0 Å². The Morgan fingerprint density at radius 3 is 2.30 bits per heavy atom. The van der Waals surface area contributed by atoms with Crippen LogP contribution in [0.3, 0.4) is 0 Å². The second kappa shape index (κ2) is 6.78. The van der Waals surface area contributed by atoms with Gasteiger partial charge in [-0.2, -0.15) is 11.8 Å². The Morgan fingerprint density at radius 1 is 1.10 bits per heavy atom. The van der Waals surface area contributed by atoms with E-state index in [4.69, 9.17) is 4.74 Å². The standard InChI is InChI=1S/C14H21NO4S/c1-19-9-5-3-8(4-6-9)7-15-10-11(16)12(17)13(18)14(10)20-2/h3-6,10-18H,7H2,1-2H3/t10-,11+,12+,13+,14+/m0/s1. The normalized spacial score (nSPS) is 33.4. The molecule has 112 valence electrons. The third-order valence-electron chi connectivity index (χ3n) is 3.73. The molecular weight excluding hydrogens is 278 g/mol. The van der Waals surface area contributed by atoms with E-state index >= 15 is 0 Å². The van der Waals surface area contributed by atoms with E-state index in [0.29, 0.717) is 6.54 Å². The molecule has 2 rings (SSSR count). The molecule has 1 fully saturated rings. The molecule has 0 heterocycles.